The molecule has 0 aliphatic carbocycles. The summed E-state index contributed by atoms with van der Waals surface area (Å²) in [6.45, 7) is 1.92. The normalized spacial score (nSPS) is 10.6. The molecule has 4 rings (SSSR count). The van der Waals surface area contributed by atoms with Crippen LogP contribution in [0.1, 0.15) is 15.9 Å². The molecule has 0 aliphatic heterocycles. The van der Waals surface area contributed by atoms with Crippen LogP contribution in [0.15, 0.2) is 71.2 Å². The van der Waals surface area contributed by atoms with E-state index in [-0.39, 0.29) is 11.9 Å². The minimum atomic E-state index is -0.335. The standard InChI is InChI=1S/C22H17BrN4O2S/c1-13-11-17(25-21(29)24-16-9-7-15(23)8-10-16)12-18-19(13)26-22(30-18)27-20(28)14-5-3-2-4-6-14/h2-12H,1H3,(H2,24,25,29)(H,26,27,28). The number of nitrogens with one attached hydrogen (secondary N) is 3. The molecule has 3 amide bonds. The van der Waals surface area contributed by atoms with Crippen LogP contribution in [0, 0.1) is 6.92 Å². The number of halogens is 1. The van der Waals surface area contributed by atoms with Crippen LogP contribution in [0.25, 0.3) is 10.2 Å². The minimum Gasteiger partial charge on any atom is -0.308 e. The van der Waals surface area contributed by atoms with Crippen molar-refractivity contribution in [1.82, 2.24) is 4.98 Å². The van der Waals surface area contributed by atoms with Crippen LogP contribution < -0.4 is 16.0 Å². The van der Waals surface area contributed by atoms with Crippen LogP contribution in [0.2, 0.25) is 0 Å². The molecule has 150 valence electrons. The average Bonchev–Trinajstić information content (AvgIpc) is 3.13. The van der Waals surface area contributed by atoms with E-state index in [1.54, 1.807) is 12.1 Å². The van der Waals surface area contributed by atoms with E-state index in [1.807, 2.05) is 61.5 Å². The molecule has 0 saturated heterocycles. The Morgan fingerprint density at radius 1 is 0.900 bits per heavy atom. The van der Waals surface area contributed by atoms with Crippen LogP contribution >= 0.6 is 27.3 Å². The largest absolute Gasteiger partial charge is 0.323 e. The maximum Gasteiger partial charge on any atom is 0.323 e. The Bertz CT molecular complexity index is 1220. The highest BCUT2D eigenvalue weighted by atomic mass is 79.9. The number of nitrogens with zero attached hydrogens (tertiary/aromatic N) is 1. The molecular formula is C22H17BrN4O2S. The van der Waals surface area contributed by atoms with Crippen LogP contribution in [-0.2, 0) is 0 Å². The Kier molecular flexibility index (Phi) is 5.78. The van der Waals surface area contributed by atoms with Crippen molar-refractivity contribution in [3.05, 3.63) is 82.3 Å². The van der Waals surface area contributed by atoms with Gasteiger partial charge in [-0.25, -0.2) is 9.78 Å². The Labute approximate surface area is 185 Å². The lowest BCUT2D eigenvalue weighted by Crippen LogP contribution is -2.19. The van der Waals surface area contributed by atoms with Crippen molar-refractivity contribution in [3.8, 4) is 0 Å². The van der Waals surface area contributed by atoms with Gasteiger partial charge in [0.15, 0.2) is 5.13 Å². The van der Waals surface area contributed by atoms with Gasteiger partial charge < -0.3 is 10.6 Å². The third kappa shape index (κ3) is 4.67. The monoisotopic (exact) mass is 480 g/mol. The van der Waals surface area contributed by atoms with Gasteiger partial charge in [0.2, 0.25) is 0 Å². The van der Waals surface area contributed by atoms with Crippen LogP contribution in [0.5, 0.6) is 0 Å². The van der Waals surface area contributed by atoms with Gasteiger partial charge in [-0.05, 0) is 61.0 Å². The molecule has 0 atom stereocenters. The summed E-state index contributed by atoms with van der Waals surface area (Å²) in [7, 11) is 0. The summed E-state index contributed by atoms with van der Waals surface area (Å²) in [6.07, 6.45) is 0. The number of fused-ring (bicyclic) bond motifs is 1. The van der Waals surface area contributed by atoms with Gasteiger partial charge in [0.05, 0.1) is 10.2 Å². The Balaban J connectivity index is 1.49. The molecule has 1 aromatic heterocycles. The molecule has 3 N–H and O–H groups in total. The van der Waals surface area contributed by atoms with E-state index in [9.17, 15) is 9.59 Å². The molecular weight excluding hydrogens is 464 g/mol. The van der Waals surface area contributed by atoms with Gasteiger partial charge in [-0.1, -0.05) is 45.5 Å². The van der Waals surface area contributed by atoms with Crippen molar-refractivity contribution >= 4 is 65.9 Å². The highest BCUT2D eigenvalue weighted by Crippen LogP contribution is 2.31. The highest BCUT2D eigenvalue weighted by molar-refractivity contribution is 9.10. The molecule has 0 radical (unpaired) electrons. The molecule has 1 heterocycles. The van der Waals surface area contributed by atoms with E-state index in [2.05, 4.69) is 36.9 Å². The zero-order chi connectivity index (χ0) is 21.1. The molecule has 3 aromatic carbocycles. The van der Waals surface area contributed by atoms with E-state index < -0.39 is 0 Å². The number of carbonyl (C=O) groups is 2. The van der Waals surface area contributed by atoms with Crippen molar-refractivity contribution < 1.29 is 9.59 Å². The van der Waals surface area contributed by atoms with Crippen molar-refractivity contribution in [3.63, 3.8) is 0 Å². The third-order valence-electron chi connectivity index (χ3n) is 4.30. The number of aromatic nitrogens is 1. The van der Waals surface area contributed by atoms with Gasteiger partial charge >= 0.3 is 6.03 Å². The molecule has 0 fully saturated rings. The lowest BCUT2D eigenvalue weighted by molar-refractivity contribution is 0.102. The number of rotatable bonds is 4. The maximum absolute atomic E-state index is 12.4. The maximum atomic E-state index is 12.4. The van der Waals surface area contributed by atoms with Gasteiger partial charge in [0, 0.05) is 21.4 Å². The summed E-state index contributed by atoms with van der Waals surface area (Å²) in [5, 5.41) is 8.99. The lowest BCUT2D eigenvalue weighted by atomic mass is 10.2. The number of urea groups is 1. The second kappa shape index (κ2) is 8.64. The lowest BCUT2D eigenvalue weighted by Gasteiger charge is -2.08. The summed E-state index contributed by atoms with van der Waals surface area (Å²) in [6, 6.07) is 19.7. The first-order chi connectivity index (χ1) is 14.5. The molecule has 0 bridgehead atoms. The number of thiazole rings is 1. The number of carbonyl (C=O) groups excluding carboxylic acids is 2. The Morgan fingerprint density at radius 3 is 2.33 bits per heavy atom. The smallest absolute Gasteiger partial charge is 0.308 e. The fourth-order valence-corrected chi connectivity index (χ4v) is 4.15. The summed E-state index contributed by atoms with van der Waals surface area (Å²) in [4.78, 5) is 29.2. The first kappa shape index (κ1) is 20.1. The van der Waals surface area contributed by atoms with Gasteiger partial charge in [0.1, 0.15) is 0 Å². The fourth-order valence-electron chi connectivity index (χ4n) is 2.91. The second-order valence-corrected chi connectivity index (χ2v) is 8.51. The van der Waals surface area contributed by atoms with Crippen molar-refractivity contribution in [2.75, 3.05) is 16.0 Å². The molecule has 0 spiro atoms. The highest BCUT2D eigenvalue weighted by Gasteiger charge is 2.13. The first-order valence-electron chi connectivity index (χ1n) is 9.09. The quantitative estimate of drug-likeness (QED) is 0.322. The average molecular weight is 481 g/mol. The zero-order valence-corrected chi connectivity index (χ0v) is 18.3. The second-order valence-electron chi connectivity index (χ2n) is 6.57. The predicted molar refractivity (Wildman–Crippen MR) is 126 cm³/mol. The van der Waals surface area contributed by atoms with Crippen molar-refractivity contribution in [1.29, 1.82) is 0 Å². The summed E-state index contributed by atoms with van der Waals surface area (Å²) < 4.78 is 1.81. The molecule has 0 aliphatic rings. The van der Waals surface area contributed by atoms with E-state index in [0.29, 0.717) is 22.1 Å². The van der Waals surface area contributed by atoms with Crippen molar-refractivity contribution in [2.24, 2.45) is 0 Å². The topological polar surface area (TPSA) is 83.1 Å². The van der Waals surface area contributed by atoms with Gasteiger partial charge in [-0.2, -0.15) is 0 Å². The van der Waals surface area contributed by atoms with Crippen molar-refractivity contribution in [2.45, 2.75) is 6.92 Å². The SMILES string of the molecule is Cc1cc(NC(=O)Nc2ccc(Br)cc2)cc2sc(NC(=O)c3ccccc3)nc12. The number of benzene rings is 3. The molecule has 0 unspecified atom stereocenters. The molecule has 4 aromatic rings. The molecule has 6 nitrogen and oxygen atoms in total. The summed E-state index contributed by atoms with van der Waals surface area (Å²) in [5.74, 6) is -0.209. The van der Waals surface area contributed by atoms with Gasteiger partial charge in [-0.3, -0.25) is 10.1 Å². The van der Waals surface area contributed by atoms with Crippen LogP contribution in [0.3, 0.4) is 0 Å². The van der Waals surface area contributed by atoms with Gasteiger partial charge in [-0.15, -0.1) is 0 Å². The minimum absolute atomic E-state index is 0.209. The summed E-state index contributed by atoms with van der Waals surface area (Å²) in [5.41, 5.74) is 3.61. The number of hydrogen-bond donors (Lipinski definition) is 3. The predicted octanol–water partition coefficient (Wildman–Crippen LogP) is 6.26. The fraction of sp³-hybridized carbons (Fsp3) is 0.0455. The Morgan fingerprint density at radius 2 is 1.60 bits per heavy atom. The van der Waals surface area contributed by atoms with Crippen LogP contribution in [-0.4, -0.2) is 16.9 Å². The van der Waals surface area contributed by atoms with Crippen LogP contribution in [0.4, 0.5) is 21.3 Å². The molecule has 0 saturated carbocycles. The number of amides is 3. The number of aryl methyl sites for hydroxylation is 1. The number of hydrogen-bond acceptors (Lipinski definition) is 4. The first-order valence-corrected chi connectivity index (χ1v) is 10.7. The van der Waals surface area contributed by atoms with E-state index in [1.165, 1.54) is 11.3 Å². The molecule has 30 heavy (non-hydrogen) atoms. The van der Waals surface area contributed by atoms with E-state index >= 15 is 0 Å². The van der Waals surface area contributed by atoms with E-state index in [0.717, 1.165) is 20.3 Å². The Hall–Kier alpha value is -3.23. The summed E-state index contributed by atoms with van der Waals surface area (Å²) >= 11 is 4.73. The van der Waals surface area contributed by atoms with E-state index in [4.69, 9.17) is 0 Å². The third-order valence-corrected chi connectivity index (χ3v) is 5.75. The zero-order valence-electron chi connectivity index (χ0n) is 15.9. The molecule has 8 heteroatoms. The van der Waals surface area contributed by atoms with Gasteiger partial charge in [0.25, 0.3) is 5.91 Å². The number of anilines is 3.